The zero-order chi connectivity index (χ0) is 11.7. The Hall–Kier alpha value is -2.10. The van der Waals surface area contributed by atoms with Gasteiger partial charge in [0.1, 0.15) is 5.82 Å². The van der Waals surface area contributed by atoms with E-state index in [-0.39, 0.29) is 11.4 Å². The van der Waals surface area contributed by atoms with E-state index in [9.17, 15) is 9.18 Å². The molecular formula is C12H10FNO2. The summed E-state index contributed by atoms with van der Waals surface area (Å²) in [5.74, 6) is -1.32. The van der Waals surface area contributed by atoms with Crippen LogP contribution in [0.3, 0.4) is 0 Å². The van der Waals surface area contributed by atoms with Crippen molar-refractivity contribution in [1.82, 2.24) is 4.57 Å². The maximum atomic E-state index is 13.0. The van der Waals surface area contributed by atoms with Crippen molar-refractivity contribution in [3.63, 3.8) is 0 Å². The van der Waals surface area contributed by atoms with E-state index < -0.39 is 5.97 Å². The molecule has 0 spiro atoms. The third-order valence-electron chi connectivity index (χ3n) is 2.46. The minimum Gasteiger partial charge on any atom is -0.478 e. The standard InChI is InChI=1S/C12H10FNO2/c1-8-11(12(15)16)5-6-14(8)10-4-2-3-9(13)7-10/h2-7H,1H3,(H,15,16). The lowest BCUT2D eigenvalue weighted by atomic mass is 10.2. The summed E-state index contributed by atoms with van der Waals surface area (Å²) >= 11 is 0. The molecule has 2 rings (SSSR count). The summed E-state index contributed by atoms with van der Waals surface area (Å²) in [6, 6.07) is 7.52. The summed E-state index contributed by atoms with van der Waals surface area (Å²) in [5, 5.41) is 8.89. The van der Waals surface area contributed by atoms with Crippen LogP contribution in [0.2, 0.25) is 0 Å². The summed E-state index contributed by atoms with van der Waals surface area (Å²) in [4.78, 5) is 10.8. The molecule has 1 aromatic heterocycles. The molecule has 0 atom stereocenters. The van der Waals surface area contributed by atoms with Crippen LogP contribution in [-0.2, 0) is 0 Å². The van der Waals surface area contributed by atoms with Gasteiger partial charge in [-0.1, -0.05) is 6.07 Å². The number of aromatic nitrogens is 1. The number of benzene rings is 1. The number of hydrogen-bond acceptors (Lipinski definition) is 1. The fourth-order valence-corrected chi connectivity index (χ4v) is 1.64. The lowest BCUT2D eigenvalue weighted by molar-refractivity contribution is 0.0696. The molecule has 3 nitrogen and oxygen atoms in total. The van der Waals surface area contributed by atoms with Crippen LogP contribution in [-0.4, -0.2) is 15.6 Å². The largest absolute Gasteiger partial charge is 0.478 e. The molecule has 0 aliphatic heterocycles. The van der Waals surface area contributed by atoms with E-state index in [1.165, 1.54) is 18.2 Å². The quantitative estimate of drug-likeness (QED) is 0.843. The van der Waals surface area contributed by atoms with Crippen molar-refractivity contribution >= 4 is 5.97 Å². The third kappa shape index (κ3) is 1.69. The first-order valence-electron chi connectivity index (χ1n) is 4.77. The lowest BCUT2D eigenvalue weighted by Crippen LogP contribution is -2.01. The van der Waals surface area contributed by atoms with Gasteiger partial charge >= 0.3 is 5.97 Å². The van der Waals surface area contributed by atoms with Crippen molar-refractivity contribution in [1.29, 1.82) is 0 Å². The lowest BCUT2D eigenvalue weighted by Gasteiger charge is -2.06. The maximum Gasteiger partial charge on any atom is 0.337 e. The minimum atomic E-state index is -0.979. The fourth-order valence-electron chi connectivity index (χ4n) is 1.64. The van der Waals surface area contributed by atoms with E-state index >= 15 is 0 Å². The molecule has 0 amide bonds. The van der Waals surface area contributed by atoms with Crippen molar-refractivity contribution in [3.05, 3.63) is 53.6 Å². The highest BCUT2D eigenvalue weighted by molar-refractivity contribution is 5.89. The van der Waals surface area contributed by atoms with Gasteiger partial charge in [-0.05, 0) is 31.2 Å². The first kappa shape index (κ1) is 10.4. The van der Waals surface area contributed by atoms with Gasteiger partial charge in [0.2, 0.25) is 0 Å². The van der Waals surface area contributed by atoms with Crippen LogP contribution in [0.5, 0.6) is 0 Å². The second-order valence-corrected chi connectivity index (χ2v) is 3.47. The maximum absolute atomic E-state index is 13.0. The minimum absolute atomic E-state index is 0.226. The van der Waals surface area contributed by atoms with Crippen LogP contribution in [0.15, 0.2) is 36.5 Å². The molecule has 0 unspecified atom stereocenters. The molecule has 0 saturated carbocycles. The number of aromatic carboxylic acids is 1. The Balaban J connectivity index is 2.53. The predicted molar refractivity (Wildman–Crippen MR) is 57.4 cm³/mol. The Morgan fingerprint density at radius 2 is 2.12 bits per heavy atom. The number of halogens is 1. The van der Waals surface area contributed by atoms with E-state index in [1.54, 1.807) is 29.8 Å². The monoisotopic (exact) mass is 219 g/mol. The summed E-state index contributed by atoms with van der Waals surface area (Å²) in [5.41, 5.74) is 1.42. The van der Waals surface area contributed by atoms with Gasteiger partial charge in [0.05, 0.1) is 5.56 Å². The van der Waals surface area contributed by atoms with Crippen molar-refractivity contribution in [2.75, 3.05) is 0 Å². The van der Waals surface area contributed by atoms with Gasteiger partial charge in [0.15, 0.2) is 0 Å². The van der Waals surface area contributed by atoms with Gasteiger partial charge in [-0.25, -0.2) is 9.18 Å². The Kier molecular flexibility index (Phi) is 2.48. The number of carboxylic acid groups (broad SMARTS) is 1. The molecule has 2 aromatic rings. The van der Waals surface area contributed by atoms with E-state index in [0.717, 1.165) is 0 Å². The molecule has 4 heteroatoms. The average molecular weight is 219 g/mol. The second-order valence-electron chi connectivity index (χ2n) is 3.47. The number of rotatable bonds is 2. The molecule has 0 aliphatic carbocycles. The topological polar surface area (TPSA) is 42.2 Å². The smallest absolute Gasteiger partial charge is 0.337 e. The first-order chi connectivity index (χ1) is 7.59. The molecule has 0 fully saturated rings. The van der Waals surface area contributed by atoms with Gasteiger partial charge in [0, 0.05) is 17.6 Å². The van der Waals surface area contributed by atoms with Crippen molar-refractivity contribution in [2.45, 2.75) is 6.92 Å². The number of hydrogen-bond donors (Lipinski definition) is 1. The van der Waals surface area contributed by atoms with Gasteiger partial charge in [-0.2, -0.15) is 0 Å². The van der Waals surface area contributed by atoms with Gasteiger partial charge in [-0.3, -0.25) is 0 Å². The molecule has 0 bridgehead atoms. The Morgan fingerprint density at radius 1 is 1.38 bits per heavy atom. The highest BCUT2D eigenvalue weighted by Crippen LogP contribution is 2.17. The number of nitrogens with zero attached hydrogens (tertiary/aromatic N) is 1. The third-order valence-corrected chi connectivity index (χ3v) is 2.46. The van der Waals surface area contributed by atoms with Gasteiger partial charge in [-0.15, -0.1) is 0 Å². The van der Waals surface area contributed by atoms with Crippen LogP contribution in [0.4, 0.5) is 4.39 Å². The van der Waals surface area contributed by atoms with Gasteiger partial charge in [0.25, 0.3) is 0 Å². The summed E-state index contributed by atoms with van der Waals surface area (Å²) in [7, 11) is 0. The van der Waals surface area contributed by atoms with Crippen molar-refractivity contribution in [2.24, 2.45) is 0 Å². The van der Waals surface area contributed by atoms with Crippen LogP contribution >= 0.6 is 0 Å². The van der Waals surface area contributed by atoms with E-state index in [4.69, 9.17) is 5.11 Å². The van der Waals surface area contributed by atoms with E-state index in [1.807, 2.05) is 0 Å². The van der Waals surface area contributed by atoms with Crippen LogP contribution in [0.25, 0.3) is 5.69 Å². The van der Waals surface area contributed by atoms with Crippen molar-refractivity contribution in [3.8, 4) is 5.69 Å². The molecule has 1 heterocycles. The molecule has 0 aliphatic rings. The SMILES string of the molecule is Cc1c(C(=O)O)ccn1-c1cccc(F)c1. The van der Waals surface area contributed by atoms with Gasteiger partial charge < -0.3 is 9.67 Å². The highest BCUT2D eigenvalue weighted by atomic mass is 19.1. The normalized spacial score (nSPS) is 10.4. The van der Waals surface area contributed by atoms with E-state index in [2.05, 4.69) is 0 Å². The van der Waals surface area contributed by atoms with E-state index in [0.29, 0.717) is 11.4 Å². The molecule has 16 heavy (non-hydrogen) atoms. The van der Waals surface area contributed by atoms with Crippen LogP contribution in [0.1, 0.15) is 16.1 Å². The zero-order valence-corrected chi connectivity index (χ0v) is 8.64. The summed E-state index contributed by atoms with van der Waals surface area (Å²) < 4.78 is 14.7. The number of carboxylic acids is 1. The fraction of sp³-hybridized carbons (Fsp3) is 0.0833. The van der Waals surface area contributed by atoms with Crippen LogP contribution < -0.4 is 0 Å². The molecule has 82 valence electrons. The van der Waals surface area contributed by atoms with Crippen LogP contribution in [0, 0.1) is 12.7 Å². The predicted octanol–water partition coefficient (Wildman–Crippen LogP) is 2.62. The molecule has 0 radical (unpaired) electrons. The molecule has 1 N–H and O–H groups in total. The number of carbonyl (C=O) groups is 1. The summed E-state index contributed by atoms with van der Waals surface area (Å²) in [6.45, 7) is 1.69. The molecule has 0 saturated heterocycles. The molecule has 1 aromatic carbocycles. The highest BCUT2D eigenvalue weighted by Gasteiger charge is 2.12. The zero-order valence-electron chi connectivity index (χ0n) is 8.64. The molecular weight excluding hydrogens is 209 g/mol. The Bertz CT molecular complexity index is 546. The Labute approximate surface area is 91.8 Å². The average Bonchev–Trinajstić information content (AvgIpc) is 2.60. The Morgan fingerprint density at radius 3 is 2.69 bits per heavy atom. The summed E-state index contributed by atoms with van der Waals surface area (Å²) in [6.07, 6.45) is 1.62. The van der Waals surface area contributed by atoms with Crippen molar-refractivity contribution < 1.29 is 14.3 Å². The second kappa shape index (κ2) is 3.81. The first-order valence-corrected chi connectivity index (χ1v) is 4.77.